The predicted octanol–water partition coefficient (Wildman–Crippen LogP) is 4.75. The molecule has 3 aromatic rings. The second kappa shape index (κ2) is 8.71. The van der Waals surface area contributed by atoms with Crippen molar-refractivity contribution in [3.05, 3.63) is 83.7 Å². The molecule has 0 spiro atoms. The molecule has 7 nitrogen and oxygen atoms in total. The molecule has 2 aromatic carbocycles. The number of imide groups is 1. The highest BCUT2D eigenvalue weighted by Gasteiger charge is 2.36. The average Bonchev–Trinajstić information content (AvgIpc) is 3.34. The summed E-state index contributed by atoms with van der Waals surface area (Å²) in [5, 5.41) is 2.17. The van der Waals surface area contributed by atoms with Crippen LogP contribution in [0, 0.1) is 0 Å². The first-order valence-electron chi connectivity index (χ1n) is 9.00. The molecule has 150 valence electrons. The Bertz CT molecular complexity index is 1090. The van der Waals surface area contributed by atoms with Crippen LogP contribution in [0.3, 0.4) is 0 Å². The van der Waals surface area contributed by atoms with Gasteiger partial charge in [0.1, 0.15) is 23.8 Å². The number of hydrogen-bond acceptors (Lipinski definition) is 6. The van der Waals surface area contributed by atoms with Crippen LogP contribution in [0.15, 0.2) is 82.3 Å². The third-order valence-electron chi connectivity index (χ3n) is 4.11. The minimum atomic E-state index is -0.525. The summed E-state index contributed by atoms with van der Waals surface area (Å²) < 4.78 is 10.9. The minimum Gasteiger partial charge on any atom is -0.465 e. The van der Waals surface area contributed by atoms with E-state index in [0.717, 1.165) is 16.7 Å². The van der Waals surface area contributed by atoms with Crippen molar-refractivity contribution in [2.24, 2.45) is 0 Å². The highest BCUT2D eigenvalue weighted by Crippen LogP contribution is 2.32. The first-order chi connectivity index (χ1) is 14.6. The Labute approximate surface area is 176 Å². The Kier molecular flexibility index (Phi) is 5.67. The molecule has 1 saturated heterocycles. The van der Waals surface area contributed by atoms with Crippen molar-refractivity contribution in [2.45, 2.75) is 0 Å². The summed E-state index contributed by atoms with van der Waals surface area (Å²) in [6.45, 7) is -0.373. The van der Waals surface area contributed by atoms with Gasteiger partial charge in [-0.15, -0.1) is 0 Å². The number of rotatable bonds is 6. The predicted molar refractivity (Wildman–Crippen MR) is 113 cm³/mol. The lowest BCUT2D eigenvalue weighted by atomic mass is 10.3. The Morgan fingerprint density at radius 1 is 1.00 bits per heavy atom. The highest BCUT2D eigenvalue weighted by atomic mass is 32.2. The van der Waals surface area contributed by atoms with Crippen LogP contribution in [0.5, 0.6) is 11.5 Å². The van der Waals surface area contributed by atoms with Crippen molar-refractivity contribution in [3.8, 4) is 11.5 Å². The maximum absolute atomic E-state index is 12.4. The number of carbonyl (C=O) groups excluding carboxylic acids is 3. The van der Waals surface area contributed by atoms with E-state index in [1.807, 2.05) is 30.3 Å². The molecular formula is C22H16N2O5S. The summed E-state index contributed by atoms with van der Waals surface area (Å²) in [4.78, 5) is 38.0. The van der Waals surface area contributed by atoms with Gasteiger partial charge in [0.15, 0.2) is 0 Å². The van der Waals surface area contributed by atoms with E-state index in [4.69, 9.17) is 9.15 Å². The van der Waals surface area contributed by atoms with Crippen LogP contribution in [0.25, 0.3) is 6.08 Å². The summed E-state index contributed by atoms with van der Waals surface area (Å²) in [5.74, 6) is 0.781. The van der Waals surface area contributed by atoms with Gasteiger partial charge in [-0.3, -0.25) is 19.3 Å². The number of carbonyl (C=O) groups is 3. The third kappa shape index (κ3) is 4.61. The summed E-state index contributed by atoms with van der Waals surface area (Å²) in [7, 11) is 0. The molecule has 0 radical (unpaired) electrons. The van der Waals surface area contributed by atoms with Crippen molar-refractivity contribution in [3.63, 3.8) is 0 Å². The van der Waals surface area contributed by atoms with Crippen molar-refractivity contribution in [1.82, 2.24) is 4.90 Å². The standard InChI is InChI=1S/C22H16N2O5S/c25-20(14-24-21(26)19(30-22(24)27)13-18-7-4-12-28-18)23-15-8-10-17(11-9-15)29-16-5-2-1-3-6-16/h1-13H,14H2,(H,23,25)/b19-13+. The molecule has 0 saturated carbocycles. The van der Waals surface area contributed by atoms with Gasteiger partial charge in [-0.25, -0.2) is 0 Å². The number of ether oxygens (including phenoxy) is 1. The SMILES string of the molecule is O=C(CN1C(=O)S/C(=C/c2ccco2)C1=O)Nc1ccc(Oc2ccccc2)cc1. The van der Waals surface area contributed by atoms with E-state index in [1.54, 1.807) is 36.4 Å². The number of amides is 3. The minimum absolute atomic E-state index is 0.213. The lowest BCUT2D eigenvalue weighted by Gasteiger charge is -2.13. The second-order valence-corrected chi connectivity index (χ2v) is 7.26. The number of furan rings is 1. The molecular weight excluding hydrogens is 404 g/mol. The Morgan fingerprint density at radius 2 is 1.73 bits per heavy atom. The number of benzene rings is 2. The van der Waals surface area contributed by atoms with E-state index in [1.165, 1.54) is 12.3 Å². The number of thioether (sulfide) groups is 1. The molecule has 0 unspecified atom stereocenters. The smallest absolute Gasteiger partial charge is 0.294 e. The zero-order valence-electron chi connectivity index (χ0n) is 15.6. The van der Waals surface area contributed by atoms with Crippen LogP contribution >= 0.6 is 11.8 Å². The summed E-state index contributed by atoms with van der Waals surface area (Å²) in [6.07, 6.45) is 2.95. The molecule has 1 aromatic heterocycles. The van der Waals surface area contributed by atoms with E-state index < -0.39 is 17.1 Å². The molecule has 4 rings (SSSR count). The van der Waals surface area contributed by atoms with Gasteiger partial charge >= 0.3 is 0 Å². The maximum atomic E-state index is 12.4. The quantitative estimate of drug-likeness (QED) is 0.579. The van der Waals surface area contributed by atoms with E-state index in [-0.39, 0.29) is 11.4 Å². The molecule has 2 heterocycles. The normalized spacial score (nSPS) is 14.9. The zero-order valence-corrected chi connectivity index (χ0v) is 16.4. The van der Waals surface area contributed by atoms with Crippen LogP contribution in [-0.2, 0) is 9.59 Å². The number of nitrogens with zero attached hydrogens (tertiary/aromatic N) is 1. The van der Waals surface area contributed by atoms with Crippen molar-refractivity contribution >= 4 is 40.6 Å². The van der Waals surface area contributed by atoms with Gasteiger partial charge in [0.2, 0.25) is 5.91 Å². The zero-order chi connectivity index (χ0) is 20.9. The largest absolute Gasteiger partial charge is 0.465 e. The van der Waals surface area contributed by atoms with Crippen molar-refractivity contribution in [1.29, 1.82) is 0 Å². The van der Waals surface area contributed by atoms with Gasteiger partial charge in [-0.1, -0.05) is 18.2 Å². The summed E-state index contributed by atoms with van der Waals surface area (Å²) >= 11 is 0.773. The molecule has 0 bridgehead atoms. The Balaban J connectivity index is 1.35. The van der Waals surface area contributed by atoms with E-state index >= 15 is 0 Å². The summed E-state index contributed by atoms with van der Waals surface area (Å²) in [5.41, 5.74) is 0.526. The van der Waals surface area contributed by atoms with Crippen LogP contribution < -0.4 is 10.1 Å². The number of nitrogens with one attached hydrogen (secondary N) is 1. The van der Waals surface area contributed by atoms with Gasteiger partial charge in [-0.2, -0.15) is 0 Å². The molecule has 1 fully saturated rings. The first kappa shape index (κ1) is 19.5. The van der Waals surface area contributed by atoms with Crippen LogP contribution in [0.1, 0.15) is 5.76 Å². The Hall–Kier alpha value is -3.78. The van der Waals surface area contributed by atoms with E-state index in [9.17, 15) is 14.4 Å². The van der Waals surface area contributed by atoms with Crippen molar-refractivity contribution in [2.75, 3.05) is 11.9 Å². The third-order valence-corrected chi connectivity index (χ3v) is 5.02. The lowest BCUT2D eigenvalue weighted by molar-refractivity contribution is -0.127. The number of hydrogen-bond donors (Lipinski definition) is 1. The van der Waals surface area contributed by atoms with Gasteiger partial charge in [0.05, 0.1) is 11.2 Å². The lowest BCUT2D eigenvalue weighted by Crippen LogP contribution is -2.36. The molecule has 0 aliphatic carbocycles. The number of para-hydroxylation sites is 1. The number of anilines is 1. The monoisotopic (exact) mass is 420 g/mol. The van der Waals surface area contributed by atoms with Crippen molar-refractivity contribution < 1.29 is 23.5 Å². The fourth-order valence-electron chi connectivity index (χ4n) is 2.71. The molecule has 1 aliphatic heterocycles. The second-order valence-electron chi connectivity index (χ2n) is 6.27. The van der Waals surface area contributed by atoms with Gasteiger partial charge < -0.3 is 14.5 Å². The molecule has 1 N–H and O–H groups in total. The molecule has 30 heavy (non-hydrogen) atoms. The topological polar surface area (TPSA) is 88.9 Å². The van der Waals surface area contributed by atoms with Gasteiger partial charge in [-0.05, 0) is 60.3 Å². The fraction of sp³-hybridized carbons (Fsp3) is 0.0455. The van der Waals surface area contributed by atoms with Gasteiger partial charge in [0, 0.05) is 11.8 Å². The average molecular weight is 420 g/mol. The van der Waals surface area contributed by atoms with Crippen LogP contribution in [0.2, 0.25) is 0 Å². The van der Waals surface area contributed by atoms with Crippen LogP contribution in [0.4, 0.5) is 10.5 Å². The van der Waals surface area contributed by atoms with E-state index in [2.05, 4.69) is 5.32 Å². The Morgan fingerprint density at radius 3 is 2.43 bits per heavy atom. The van der Waals surface area contributed by atoms with Crippen LogP contribution in [-0.4, -0.2) is 28.5 Å². The molecule has 1 aliphatic rings. The summed E-state index contributed by atoms with van der Waals surface area (Å²) in [6, 6.07) is 19.5. The molecule has 0 atom stereocenters. The maximum Gasteiger partial charge on any atom is 0.294 e. The molecule has 3 amide bonds. The highest BCUT2D eigenvalue weighted by molar-refractivity contribution is 8.18. The molecule has 8 heteroatoms. The first-order valence-corrected chi connectivity index (χ1v) is 9.82. The fourth-order valence-corrected chi connectivity index (χ4v) is 3.53. The van der Waals surface area contributed by atoms with Gasteiger partial charge in [0.25, 0.3) is 11.1 Å². The van der Waals surface area contributed by atoms with E-state index in [0.29, 0.717) is 22.9 Å².